The first-order chi connectivity index (χ1) is 14.8. The van der Waals surface area contributed by atoms with Crippen LogP contribution < -0.4 is 10.1 Å². The molecule has 3 atom stereocenters. The number of nitrogens with one attached hydrogen (secondary N) is 1. The molecule has 5 nitrogen and oxygen atoms in total. The molecule has 0 spiro atoms. The summed E-state index contributed by atoms with van der Waals surface area (Å²) in [4.78, 5) is 21.3. The van der Waals surface area contributed by atoms with Crippen LogP contribution in [0.4, 0.5) is 18.9 Å². The molecule has 1 heterocycles. The molecule has 2 aliphatic rings. The van der Waals surface area contributed by atoms with E-state index in [-0.39, 0.29) is 36.4 Å². The van der Waals surface area contributed by atoms with Gasteiger partial charge in [0.2, 0.25) is 5.91 Å². The molecule has 1 saturated carbocycles. The third-order valence-corrected chi connectivity index (χ3v) is 5.95. The molecule has 0 aliphatic heterocycles. The Morgan fingerprint density at radius 2 is 2.06 bits per heavy atom. The average molecular weight is 429 g/mol. The highest BCUT2D eigenvalue weighted by Crippen LogP contribution is 2.60. The molecule has 1 unspecified atom stereocenters. The number of carbonyl (C=O) groups is 1. The molecule has 2 aromatic rings. The van der Waals surface area contributed by atoms with Gasteiger partial charge in [-0.3, -0.25) is 4.79 Å². The first-order valence-corrected chi connectivity index (χ1v) is 10.0. The molecule has 1 amide bonds. The fourth-order valence-electron chi connectivity index (χ4n) is 4.12. The highest BCUT2D eigenvalue weighted by Gasteiger charge is 2.62. The van der Waals surface area contributed by atoms with Gasteiger partial charge >= 0.3 is 0 Å². The smallest absolute Gasteiger partial charge is 0.228 e. The Balaban J connectivity index is 1.53. The Bertz CT molecular complexity index is 1090. The van der Waals surface area contributed by atoms with E-state index < -0.39 is 23.0 Å². The number of aryl methyl sites for hydroxylation is 2. The molecule has 1 aromatic carbocycles. The molecule has 2 aliphatic carbocycles. The third-order valence-electron chi connectivity index (χ3n) is 5.95. The van der Waals surface area contributed by atoms with Crippen LogP contribution in [-0.4, -0.2) is 22.5 Å². The van der Waals surface area contributed by atoms with E-state index in [1.165, 1.54) is 12.1 Å². The van der Waals surface area contributed by atoms with Crippen molar-refractivity contribution in [3.63, 3.8) is 0 Å². The number of hydrogen-bond donors (Lipinski definition) is 1. The number of aromatic nitrogens is 2. The van der Waals surface area contributed by atoms with Gasteiger partial charge in [0.15, 0.2) is 17.4 Å². The van der Waals surface area contributed by atoms with Crippen molar-refractivity contribution in [2.75, 3.05) is 11.9 Å². The maximum absolute atomic E-state index is 14.0. The van der Waals surface area contributed by atoms with Gasteiger partial charge in [0, 0.05) is 29.5 Å². The standard InChI is InChI=1S/C23H22F3N3O2/c1-13-21(11-27-14(2)28-13)31-12-23(15-4-3-5-16(24)8-15)10-18(23)22(30)29-17-6-7-19(25)20(26)9-17/h3-7,9,11,15,18H,8,10,12H2,1-2H3,(H,29,30)/t15?,18-,23+/m0/s1. The van der Waals surface area contributed by atoms with Gasteiger partial charge in [0.05, 0.1) is 18.5 Å². The molecular formula is C23H22F3N3O2. The van der Waals surface area contributed by atoms with Crippen LogP contribution >= 0.6 is 0 Å². The van der Waals surface area contributed by atoms with Gasteiger partial charge in [0.1, 0.15) is 11.7 Å². The normalized spacial score (nSPS) is 24.5. The van der Waals surface area contributed by atoms with Gasteiger partial charge in [-0.1, -0.05) is 12.2 Å². The van der Waals surface area contributed by atoms with E-state index in [4.69, 9.17) is 4.74 Å². The fourth-order valence-corrected chi connectivity index (χ4v) is 4.12. The first kappa shape index (κ1) is 21.1. The Labute approximate surface area is 178 Å². The van der Waals surface area contributed by atoms with E-state index in [1.54, 1.807) is 26.1 Å². The molecule has 0 bridgehead atoms. The molecular weight excluding hydrogens is 407 g/mol. The molecule has 0 saturated heterocycles. The summed E-state index contributed by atoms with van der Waals surface area (Å²) >= 11 is 0. The van der Waals surface area contributed by atoms with Crippen LogP contribution in [0.5, 0.6) is 5.75 Å². The third kappa shape index (κ3) is 4.33. The maximum Gasteiger partial charge on any atom is 0.228 e. The number of halogens is 3. The summed E-state index contributed by atoms with van der Waals surface area (Å²) < 4.78 is 46.6. The lowest BCUT2D eigenvalue weighted by Gasteiger charge is -2.27. The van der Waals surface area contributed by atoms with Crippen LogP contribution in [-0.2, 0) is 4.79 Å². The maximum atomic E-state index is 14.0. The summed E-state index contributed by atoms with van der Waals surface area (Å²) in [7, 11) is 0. The zero-order valence-electron chi connectivity index (χ0n) is 17.2. The topological polar surface area (TPSA) is 64.1 Å². The monoisotopic (exact) mass is 429 g/mol. The molecule has 1 aromatic heterocycles. The quantitative estimate of drug-likeness (QED) is 0.715. The van der Waals surface area contributed by atoms with Crippen LogP contribution in [0, 0.1) is 42.7 Å². The number of ether oxygens (including phenoxy) is 1. The van der Waals surface area contributed by atoms with Gasteiger partial charge in [-0.15, -0.1) is 0 Å². The van der Waals surface area contributed by atoms with Crippen LogP contribution in [0.15, 0.2) is 48.5 Å². The predicted molar refractivity (Wildman–Crippen MR) is 109 cm³/mol. The van der Waals surface area contributed by atoms with Gasteiger partial charge < -0.3 is 10.1 Å². The minimum Gasteiger partial charge on any atom is -0.489 e. The van der Waals surface area contributed by atoms with E-state index in [0.29, 0.717) is 23.7 Å². The molecule has 1 fully saturated rings. The fraction of sp³-hybridized carbons (Fsp3) is 0.348. The Morgan fingerprint density at radius 3 is 2.77 bits per heavy atom. The zero-order valence-corrected chi connectivity index (χ0v) is 17.2. The molecule has 0 radical (unpaired) electrons. The number of nitrogens with zero attached hydrogens (tertiary/aromatic N) is 2. The number of allylic oxidation sites excluding steroid dienone is 4. The summed E-state index contributed by atoms with van der Waals surface area (Å²) in [5.41, 5.74) is 0.220. The second-order valence-corrected chi connectivity index (χ2v) is 8.07. The molecule has 1 N–H and O–H groups in total. The van der Waals surface area contributed by atoms with Gasteiger partial charge in [-0.05, 0) is 44.4 Å². The van der Waals surface area contributed by atoms with Crippen molar-refractivity contribution < 1.29 is 22.7 Å². The van der Waals surface area contributed by atoms with Crippen LogP contribution in [0.3, 0.4) is 0 Å². The Hall–Kier alpha value is -3.16. The second kappa shape index (κ2) is 8.17. The van der Waals surface area contributed by atoms with Crippen molar-refractivity contribution in [3.8, 4) is 5.75 Å². The minimum atomic E-state index is -1.04. The first-order valence-electron chi connectivity index (χ1n) is 10.0. The summed E-state index contributed by atoms with van der Waals surface area (Å²) in [6.07, 6.45) is 7.18. The number of rotatable bonds is 6. The summed E-state index contributed by atoms with van der Waals surface area (Å²) in [6, 6.07) is 3.19. The summed E-state index contributed by atoms with van der Waals surface area (Å²) in [5.74, 6) is -2.19. The largest absolute Gasteiger partial charge is 0.489 e. The number of anilines is 1. The molecule has 31 heavy (non-hydrogen) atoms. The number of benzene rings is 1. The average Bonchev–Trinajstić information content (AvgIpc) is 3.46. The zero-order chi connectivity index (χ0) is 22.2. The second-order valence-electron chi connectivity index (χ2n) is 8.07. The Morgan fingerprint density at radius 1 is 1.26 bits per heavy atom. The highest BCUT2D eigenvalue weighted by molar-refractivity contribution is 5.95. The van der Waals surface area contributed by atoms with Crippen LogP contribution in [0.25, 0.3) is 0 Å². The van der Waals surface area contributed by atoms with Crippen molar-refractivity contribution in [1.29, 1.82) is 0 Å². The van der Waals surface area contributed by atoms with Crippen LogP contribution in [0.2, 0.25) is 0 Å². The minimum absolute atomic E-state index is 0.165. The number of hydrogen-bond acceptors (Lipinski definition) is 4. The van der Waals surface area contributed by atoms with Crippen molar-refractivity contribution in [3.05, 3.63) is 71.6 Å². The summed E-state index contributed by atoms with van der Waals surface area (Å²) in [6.45, 7) is 3.76. The molecule has 4 rings (SSSR count). The van der Waals surface area contributed by atoms with Gasteiger partial charge in [0.25, 0.3) is 0 Å². The van der Waals surface area contributed by atoms with Gasteiger partial charge in [-0.2, -0.15) is 0 Å². The van der Waals surface area contributed by atoms with Crippen molar-refractivity contribution in [1.82, 2.24) is 9.97 Å². The van der Waals surface area contributed by atoms with E-state index in [0.717, 1.165) is 12.1 Å². The summed E-state index contributed by atoms with van der Waals surface area (Å²) in [5, 5.41) is 2.64. The lowest BCUT2D eigenvalue weighted by Crippen LogP contribution is -2.30. The SMILES string of the molecule is Cc1ncc(OC[C@@]2(C3C=CC=C(F)C3)C[C@H]2C(=O)Nc2ccc(F)c(F)c2)c(C)n1. The van der Waals surface area contributed by atoms with Crippen molar-refractivity contribution in [2.45, 2.75) is 26.7 Å². The number of carbonyl (C=O) groups excluding carboxylic acids is 1. The van der Waals surface area contributed by atoms with Crippen LogP contribution in [0.1, 0.15) is 24.4 Å². The predicted octanol–water partition coefficient (Wildman–Crippen LogP) is 4.82. The lowest BCUT2D eigenvalue weighted by atomic mass is 9.82. The van der Waals surface area contributed by atoms with E-state index in [2.05, 4.69) is 15.3 Å². The van der Waals surface area contributed by atoms with E-state index in [1.807, 2.05) is 6.08 Å². The van der Waals surface area contributed by atoms with Gasteiger partial charge in [-0.25, -0.2) is 23.1 Å². The highest BCUT2D eigenvalue weighted by atomic mass is 19.2. The van der Waals surface area contributed by atoms with E-state index >= 15 is 0 Å². The number of amides is 1. The van der Waals surface area contributed by atoms with Crippen molar-refractivity contribution in [2.24, 2.45) is 17.3 Å². The van der Waals surface area contributed by atoms with E-state index in [9.17, 15) is 18.0 Å². The molecule has 8 heteroatoms. The Kier molecular flexibility index (Phi) is 5.56. The van der Waals surface area contributed by atoms with Crippen molar-refractivity contribution >= 4 is 11.6 Å². The lowest BCUT2D eigenvalue weighted by molar-refractivity contribution is -0.118. The molecule has 162 valence electrons.